The topological polar surface area (TPSA) is 73.5 Å². The van der Waals surface area contributed by atoms with Crippen LogP contribution in [0, 0.1) is 11.3 Å². The van der Waals surface area contributed by atoms with Crippen LogP contribution in [0.2, 0.25) is 0 Å². The second kappa shape index (κ2) is 2.97. The molecule has 1 heterocycles. The molecule has 0 unspecified atom stereocenters. The van der Waals surface area contributed by atoms with Crippen molar-refractivity contribution in [2.24, 2.45) is 4.99 Å². The molecule has 11 heavy (non-hydrogen) atoms. The van der Waals surface area contributed by atoms with Crippen molar-refractivity contribution in [3.63, 3.8) is 0 Å². The number of dihydropyridines is 1. The normalized spacial score (nSPS) is 16.3. The average molecular weight is 150 g/mol. The Morgan fingerprint density at radius 2 is 2.55 bits per heavy atom. The highest BCUT2D eigenvalue weighted by Gasteiger charge is 2.11. The van der Waals surface area contributed by atoms with Gasteiger partial charge in [0, 0.05) is 12.1 Å². The Morgan fingerprint density at radius 1 is 1.82 bits per heavy atom. The number of carbonyl (C=O) groups is 1. The minimum atomic E-state index is -0.965. The first-order chi connectivity index (χ1) is 5.24. The van der Waals surface area contributed by atoms with E-state index < -0.39 is 5.97 Å². The number of nitrogens with zero attached hydrogens (tertiary/aromatic N) is 2. The molecule has 4 nitrogen and oxygen atoms in total. The lowest BCUT2D eigenvalue weighted by Gasteiger charge is -2.03. The molecule has 1 aliphatic heterocycles. The van der Waals surface area contributed by atoms with Crippen LogP contribution in [0.15, 0.2) is 16.6 Å². The molecule has 0 atom stereocenters. The molecule has 0 aromatic rings. The van der Waals surface area contributed by atoms with Crippen molar-refractivity contribution < 1.29 is 9.90 Å². The Morgan fingerprint density at radius 3 is 3.09 bits per heavy atom. The second-order valence-electron chi connectivity index (χ2n) is 2.10. The van der Waals surface area contributed by atoms with Crippen LogP contribution in [0.4, 0.5) is 0 Å². The van der Waals surface area contributed by atoms with E-state index in [0.29, 0.717) is 13.0 Å². The van der Waals surface area contributed by atoms with E-state index in [9.17, 15) is 4.79 Å². The van der Waals surface area contributed by atoms with Gasteiger partial charge in [-0.1, -0.05) is 0 Å². The van der Waals surface area contributed by atoms with Crippen LogP contribution in [0.5, 0.6) is 0 Å². The molecule has 1 N–H and O–H groups in total. The van der Waals surface area contributed by atoms with Crippen LogP contribution in [0.1, 0.15) is 6.42 Å². The van der Waals surface area contributed by atoms with Gasteiger partial charge in [0.25, 0.3) is 0 Å². The van der Waals surface area contributed by atoms with E-state index >= 15 is 0 Å². The third-order valence-electron chi connectivity index (χ3n) is 1.36. The fourth-order valence-electron chi connectivity index (χ4n) is 0.816. The van der Waals surface area contributed by atoms with Gasteiger partial charge in [-0.3, -0.25) is 4.99 Å². The van der Waals surface area contributed by atoms with Crippen molar-refractivity contribution in [3.8, 4) is 6.07 Å². The minimum Gasteiger partial charge on any atom is -0.478 e. The summed E-state index contributed by atoms with van der Waals surface area (Å²) < 4.78 is 0. The molecule has 0 amide bonds. The predicted molar refractivity (Wildman–Crippen MR) is 38.3 cm³/mol. The largest absolute Gasteiger partial charge is 0.478 e. The van der Waals surface area contributed by atoms with E-state index in [2.05, 4.69) is 4.99 Å². The number of nitriles is 1. The van der Waals surface area contributed by atoms with Crippen molar-refractivity contribution in [3.05, 3.63) is 11.6 Å². The summed E-state index contributed by atoms with van der Waals surface area (Å²) in [6, 6.07) is 1.80. The molecule has 0 saturated carbocycles. The molecular formula is C7H6N2O2. The molecule has 0 aromatic carbocycles. The van der Waals surface area contributed by atoms with Gasteiger partial charge >= 0.3 is 5.97 Å². The van der Waals surface area contributed by atoms with Crippen LogP contribution in [-0.2, 0) is 4.79 Å². The predicted octanol–water partition coefficient (Wildman–Crippen LogP) is 0.366. The summed E-state index contributed by atoms with van der Waals surface area (Å²) in [7, 11) is 0. The van der Waals surface area contributed by atoms with Crippen LogP contribution in [0.3, 0.4) is 0 Å². The van der Waals surface area contributed by atoms with Gasteiger partial charge in [-0.2, -0.15) is 5.26 Å². The Balaban J connectivity index is 2.86. The third kappa shape index (κ3) is 1.64. The van der Waals surface area contributed by atoms with Gasteiger partial charge in [0.1, 0.15) is 11.8 Å². The molecule has 0 saturated heterocycles. The van der Waals surface area contributed by atoms with Gasteiger partial charge in [0.15, 0.2) is 0 Å². The molecule has 0 aliphatic carbocycles. The van der Waals surface area contributed by atoms with E-state index in [-0.39, 0.29) is 11.3 Å². The first-order valence-electron chi connectivity index (χ1n) is 3.12. The van der Waals surface area contributed by atoms with E-state index in [1.807, 2.05) is 0 Å². The lowest BCUT2D eigenvalue weighted by molar-refractivity contribution is -0.132. The maximum Gasteiger partial charge on any atom is 0.331 e. The SMILES string of the molecule is N#CC1=NCCC(C(=O)O)=C1. The van der Waals surface area contributed by atoms with E-state index in [1.54, 1.807) is 6.07 Å². The molecule has 0 spiro atoms. The fraction of sp³-hybridized carbons (Fsp3) is 0.286. The summed E-state index contributed by atoms with van der Waals surface area (Å²) in [5.41, 5.74) is 0.463. The van der Waals surface area contributed by atoms with Crippen LogP contribution >= 0.6 is 0 Å². The van der Waals surface area contributed by atoms with Crippen molar-refractivity contribution >= 4 is 11.7 Å². The van der Waals surface area contributed by atoms with Gasteiger partial charge < -0.3 is 5.11 Å². The smallest absolute Gasteiger partial charge is 0.331 e. The highest BCUT2D eigenvalue weighted by Crippen LogP contribution is 2.07. The van der Waals surface area contributed by atoms with Crippen molar-refractivity contribution in [2.45, 2.75) is 6.42 Å². The van der Waals surface area contributed by atoms with Crippen molar-refractivity contribution in [1.29, 1.82) is 5.26 Å². The van der Waals surface area contributed by atoms with Crippen molar-refractivity contribution in [1.82, 2.24) is 0 Å². The summed E-state index contributed by atoms with van der Waals surface area (Å²) in [5.74, 6) is -0.965. The molecule has 1 aliphatic rings. The summed E-state index contributed by atoms with van der Waals surface area (Å²) in [6.07, 6.45) is 1.73. The summed E-state index contributed by atoms with van der Waals surface area (Å²) in [6.45, 7) is 0.404. The first-order valence-corrected chi connectivity index (χ1v) is 3.12. The number of aliphatic imine (C=N–C) groups is 1. The number of aliphatic carboxylic acids is 1. The zero-order valence-corrected chi connectivity index (χ0v) is 5.74. The number of allylic oxidation sites excluding steroid dienone is 1. The Bertz CT molecular complexity index is 283. The van der Waals surface area contributed by atoms with Crippen molar-refractivity contribution in [2.75, 3.05) is 6.54 Å². The number of carboxylic acid groups (broad SMARTS) is 1. The van der Waals surface area contributed by atoms with Crippen LogP contribution in [-0.4, -0.2) is 23.3 Å². The third-order valence-corrected chi connectivity index (χ3v) is 1.36. The molecule has 0 aromatic heterocycles. The number of rotatable bonds is 1. The first kappa shape index (κ1) is 7.48. The zero-order chi connectivity index (χ0) is 8.27. The summed E-state index contributed by atoms with van der Waals surface area (Å²) >= 11 is 0. The van der Waals surface area contributed by atoms with Gasteiger partial charge in [0.05, 0.1) is 0 Å². The monoisotopic (exact) mass is 150 g/mol. The van der Waals surface area contributed by atoms with Gasteiger partial charge in [-0.05, 0) is 12.5 Å². The maximum atomic E-state index is 10.4. The van der Waals surface area contributed by atoms with E-state index in [1.165, 1.54) is 6.08 Å². The number of carboxylic acids is 1. The lowest BCUT2D eigenvalue weighted by atomic mass is 10.1. The molecule has 0 fully saturated rings. The minimum absolute atomic E-state index is 0.202. The van der Waals surface area contributed by atoms with Gasteiger partial charge in [-0.25, -0.2) is 4.79 Å². The standard InChI is InChI=1S/C7H6N2O2/c8-4-6-3-5(7(10)11)1-2-9-6/h3H,1-2H2,(H,10,11). The van der Waals surface area contributed by atoms with Crippen LogP contribution < -0.4 is 0 Å². The van der Waals surface area contributed by atoms with Gasteiger partial charge in [0.2, 0.25) is 0 Å². The molecule has 0 bridgehead atoms. The highest BCUT2D eigenvalue weighted by molar-refractivity contribution is 6.11. The average Bonchev–Trinajstić information content (AvgIpc) is 2.05. The lowest BCUT2D eigenvalue weighted by Crippen LogP contribution is -2.09. The zero-order valence-electron chi connectivity index (χ0n) is 5.74. The second-order valence-corrected chi connectivity index (χ2v) is 2.10. The summed E-state index contributed by atoms with van der Waals surface area (Å²) in [5, 5.41) is 16.9. The number of hydrogen-bond acceptors (Lipinski definition) is 3. The maximum absolute atomic E-state index is 10.4. The molecular weight excluding hydrogens is 144 g/mol. The van der Waals surface area contributed by atoms with Crippen LogP contribution in [0.25, 0.3) is 0 Å². The Hall–Kier alpha value is -1.63. The Kier molecular flexibility index (Phi) is 2.02. The van der Waals surface area contributed by atoms with E-state index in [4.69, 9.17) is 10.4 Å². The fourth-order valence-corrected chi connectivity index (χ4v) is 0.816. The highest BCUT2D eigenvalue weighted by atomic mass is 16.4. The quantitative estimate of drug-likeness (QED) is 0.586. The number of hydrogen-bond donors (Lipinski definition) is 1. The Labute approximate surface area is 63.5 Å². The molecule has 4 heteroatoms. The van der Waals surface area contributed by atoms with Gasteiger partial charge in [-0.15, -0.1) is 0 Å². The van der Waals surface area contributed by atoms with E-state index in [0.717, 1.165) is 0 Å². The summed E-state index contributed by atoms with van der Waals surface area (Å²) in [4.78, 5) is 14.2. The molecule has 0 radical (unpaired) electrons. The molecule has 1 rings (SSSR count). The molecule has 56 valence electrons.